The van der Waals surface area contributed by atoms with Gasteiger partial charge in [-0.15, -0.1) is 11.6 Å². The van der Waals surface area contributed by atoms with E-state index in [9.17, 15) is 4.39 Å². The van der Waals surface area contributed by atoms with Crippen LogP contribution in [0.4, 0.5) is 4.39 Å². The molecule has 1 nitrogen and oxygen atoms in total. The highest BCUT2D eigenvalue weighted by Gasteiger charge is 2.20. The minimum atomic E-state index is -0.240. The largest absolute Gasteiger partial charge is 0.298 e. The van der Waals surface area contributed by atoms with Crippen LogP contribution in [0.1, 0.15) is 12.0 Å². The highest BCUT2D eigenvalue weighted by molar-refractivity contribution is 6.31. The molecule has 0 N–H and O–H groups in total. The molecule has 1 aromatic rings. The van der Waals surface area contributed by atoms with Gasteiger partial charge in [0.1, 0.15) is 5.82 Å². The number of hydrogen-bond acceptors (Lipinski definition) is 1. The molecule has 1 aromatic carbocycles. The molecule has 0 spiro atoms. The fourth-order valence-corrected chi connectivity index (χ4v) is 2.30. The molecule has 0 radical (unpaired) electrons. The summed E-state index contributed by atoms with van der Waals surface area (Å²) in [6.07, 6.45) is 0.995. The first-order chi connectivity index (χ1) is 7.15. The summed E-state index contributed by atoms with van der Waals surface area (Å²) in [7, 11) is 0. The van der Waals surface area contributed by atoms with Gasteiger partial charge in [0.2, 0.25) is 0 Å². The fourth-order valence-electron chi connectivity index (χ4n) is 1.83. The molecule has 1 unspecified atom stereocenters. The maximum absolute atomic E-state index is 13.0. The fraction of sp³-hybridized carbons (Fsp3) is 0.455. The molecule has 4 heteroatoms. The van der Waals surface area contributed by atoms with Crippen LogP contribution in [0.3, 0.4) is 0 Å². The van der Waals surface area contributed by atoms with E-state index in [-0.39, 0.29) is 11.2 Å². The average Bonchev–Trinajstić information content (AvgIpc) is 2.58. The van der Waals surface area contributed by atoms with Crippen LogP contribution in [0.5, 0.6) is 0 Å². The maximum atomic E-state index is 13.0. The minimum absolute atomic E-state index is 0.220. The summed E-state index contributed by atoms with van der Waals surface area (Å²) in [5.41, 5.74) is 0.836. The molecule has 0 bridgehead atoms. The van der Waals surface area contributed by atoms with Gasteiger partial charge in [0.05, 0.1) is 0 Å². The zero-order valence-electron chi connectivity index (χ0n) is 8.22. The van der Waals surface area contributed by atoms with Crippen LogP contribution in [0.2, 0.25) is 5.02 Å². The topological polar surface area (TPSA) is 3.24 Å². The summed E-state index contributed by atoms with van der Waals surface area (Å²) >= 11 is 12.0. The molecule has 1 saturated heterocycles. The molecule has 1 atom stereocenters. The first-order valence-electron chi connectivity index (χ1n) is 4.95. The van der Waals surface area contributed by atoms with Gasteiger partial charge in [-0.05, 0) is 36.7 Å². The summed E-state index contributed by atoms with van der Waals surface area (Å²) in [5, 5.41) is 0.840. The zero-order chi connectivity index (χ0) is 10.8. The van der Waals surface area contributed by atoms with E-state index in [1.165, 1.54) is 12.1 Å². The molecule has 82 valence electrons. The highest BCUT2D eigenvalue weighted by atomic mass is 35.5. The molecule has 2 rings (SSSR count). The third kappa shape index (κ3) is 2.83. The van der Waals surface area contributed by atoms with Gasteiger partial charge < -0.3 is 0 Å². The molecule has 0 aliphatic carbocycles. The molecule has 15 heavy (non-hydrogen) atoms. The van der Waals surface area contributed by atoms with E-state index in [1.54, 1.807) is 6.07 Å². The predicted octanol–water partition coefficient (Wildman–Crippen LogP) is 3.29. The van der Waals surface area contributed by atoms with E-state index in [2.05, 4.69) is 4.90 Å². The van der Waals surface area contributed by atoms with Gasteiger partial charge in [-0.25, -0.2) is 4.39 Å². The number of nitrogens with zero attached hydrogens (tertiary/aromatic N) is 1. The van der Waals surface area contributed by atoms with E-state index in [1.807, 2.05) is 0 Å². The number of alkyl halides is 1. The van der Waals surface area contributed by atoms with E-state index in [0.717, 1.165) is 25.1 Å². The monoisotopic (exact) mass is 247 g/mol. The van der Waals surface area contributed by atoms with E-state index < -0.39 is 0 Å². The Hall–Kier alpha value is -0.310. The molecule has 1 aliphatic rings. The lowest BCUT2D eigenvalue weighted by molar-refractivity contribution is 0.331. The Labute approximate surface area is 98.8 Å². The Bertz CT molecular complexity index is 356. The number of rotatable bonds is 2. The Balaban J connectivity index is 2.07. The van der Waals surface area contributed by atoms with Crippen LogP contribution >= 0.6 is 23.2 Å². The van der Waals surface area contributed by atoms with Crippen LogP contribution in [-0.4, -0.2) is 23.4 Å². The van der Waals surface area contributed by atoms with Crippen molar-refractivity contribution >= 4 is 23.2 Å². The normalized spacial score (nSPS) is 22.2. The van der Waals surface area contributed by atoms with Gasteiger partial charge >= 0.3 is 0 Å². The molecule has 0 aromatic heterocycles. The van der Waals surface area contributed by atoms with Gasteiger partial charge in [-0.2, -0.15) is 0 Å². The smallest absolute Gasteiger partial charge is 0.123 e. The summed E-state index contributed by atoms with van der Waals surface area (Å²) in [6, 6.07) is 4.46. The molecule has 0 amide bonds. The SMILES string of the molecule is Fc1ccc(Cl)c(CN2CCC(Cl)C2)c1. The molecular weight excluding hydrogens is 236 g/mol. The molecule has 0 saturated carbocycles. The predicted molar refractivity (Wildman–Crippen MR) is 60.9 cm³/mol. The van der Waals surface area contributed by atoms with Crippen molar-refractivity contribution in [1.82, 2.24) is 4.90 Å². The van der Waals surface area contributed by atoms with Crippen LogP contribution in [-0.2, 0) is 6.54 Å². The Morgan fingerprint density at radius 3 is 2.93 bits per heavy atom. The summed E-state index contributed by atoms with van der Waals surface area (Å²) in [4.78, 5) is 2.19. The van der Waals surface area contributed by atoms with Crippen molar-refractivity contribution in [3.63, 3.8) is 0 Å². The second-order valence-electron chi connectivity index (χ2n) is 3.86. The third-order valence-electron chi connectivity index (χ3n) is 2.62. The van der Waals surface area contributed by atoms with Crippen molar-refractivity contribution in [1.29, 1.82) is 0 Å². The Morgan fingerprint density at radius 1 is 1.47 bits per heavy atom. The van der Waals surface area contributed by atoms with Crippen LogP contribution in [0.25, 0.3) is 0 Å². The number of hydrogen-bond donors (Lipinski definition) is 0. The van der Waals surface area contributed by atoms with Crippen molar-refractivity contribution in [2.45, 2.75) is 18.3 Å². The summed E-state index contributed by atoms with van der Waals surface area (Å²) < 4.78 is 13.0. The van der Waals surface area contributed by atoms with E-state index in [4.69, 9.17) is 23.2 Å². The molecular formula is C11H12Cl2FN. The van der Waals surface area contributed by atoms with E-state index in [0.29, 0.717) is 11.6 Å². The minimum Gasteiger partial charge on any atom is -0.298 e. The second kappa shape index (κ2) is 4.69. The van der Waals surface area contributed by atoms with E-state index >= 15 is 0 Å². The number of halogens is 3. The summed E-state index contributed by atoms with van der Waals surface area (Å²) in [5.74, 6) is -0.240. The van der Waals surface area contributed by atoms with Crippen molar-refractivity contribution in [2.75, 3.05) is 13.1 Å². The lowest BCUT2D eigenvalue weighted by Crippen LogP contribution is -2.20. The zero-order valence-corrected chi connectivity index (χ0v) is 9.73. The maximum Gasteiger partial charge on any atom is 0.123 e. The number of likely N-dealkylation sites (tertiary alicyclic amines) is 1. The first kappa shape index (κ1) is 11.2. The van der Waals surface area contributed by atoms with Crippen LogP contribution < -0.4 is 0 Å². The third-order valence-corrected chi connectivity index (χ3v) is 3.34. The first-order valence-corrected chi connectivity index (χ1v) is 5.77. The molecule has 1 aliphatic heterocycles. The quantitative estimate of drug-likeness (QED) is 0.726. The molecule has 1 fully saturated rings. The van der Waals surface area contributed by atoms with Gasteiger partial charge in [0.15, 0.2) is 0 Å². The van der Waals surface area contributed by atoms with Crippen LogP contribution in [0.15, 0.2) is 18.2 Å². The lowest BCUT2D eigenvalue weighted by atomic mass is 10.2. The van der Waals surface area contributed by atoms with Crippen molar-refractivity contribution in [2.24, 2.45) is 0 Å². The standard InChI is InChI=1S/C11H12Cl2FN/c12-9-3-4-15(7-9)6-8-5-10(14)1-2-11(8)13/h1-2,5,9H,3-4,6-7H2. The van der Waals surface area contributed by atoms with Crippen LogP contribution in [0, 0.1) is 5.82 Å². The van der Waals surface area contributed by atoms with Gasteiger partial charge in [-0.3, -0.25) is 4.90 Å². The van der Waals surface area contributed by atoms with Gasteiger partial charge in [0.25, 0.3) is 0 Å². The summed E-state index contributed by atoms with van der Waals surface area (Å²) in [6.45, 7) is 2.50. The van der Waals surface area contributed by atoms with Crippen molar-refractivity contribution in [3.05, 3.63) is 34.6 Å². The average molecular weight is 248 g/mol. The Kier molecular flexibility index (Phi) is 3.49. The second-order valence-corrected chi connectivity index (χ2v) is 4.88. The highest BCUT2D eigenvalue weighted by Crippen LogP contribution is 2.22. The van der Waals surface area contributed by atoms with Crippen molar-refractivity contribution in [3.8, 4) is 0 Å². The Morgan fingerprint density at radius 2 is 2.27 bits per heavy atom. The van der Waals surface area contributed by atoms with Gasteiger partial charge in [-0.1, -0.05) is 11.6 Å². The van der Waals surface area contributed by atoms with Crippen molar-refractivity contribution < 1.29 is 4.39 Å². The van der Waals surface area contributed by atoms with Gasteiger partial charge in [0, 0.05) is 23.5 Å². The lowest BCUT2D eigenvalue weighted by Gasteiger charge is -2.15. The number of benzene rings is 1. The molecule has 1 heterocycles.